The van der Waals surface area contributed by atoms with Crippen molar-refractivity contribution in [2.24, 2.45) is 0 Å². The molecule has 0 N–H and O–H groups in total. The van der Waals surface area contributed by atoms with E-state index in [0.29, 0.717) is 35.1 Å². The maximum Gasteiger partial charge on any atom is 0.277 e. The number of aromatic nitrogens is 4. The summed E-state index contributed by atoms with van der Waals surface area (Å²) in [4.78, 5) is 2.29. The standard InChI is InChI=1S/C22H23N5O2S/c1-3-27(4-2)18-12-10-17(11-13-18)21-25-26-22(29-21)30-15-20-24-23-19(28-20)14-16-8-6-5-7-9-16/h5-13H,3-4,14-15H2,1-2H3. The molecule has 0 bridgehead atoms. The Bertz CT molecular complexity index is 1060. The van der Waals surface area contributed by atoms with Gasteiger partial charge in [-0.1, -0.05) is 42.1 Å². The largest absolute Gasteiger partial charge is 0.424 e. The van der Waals surface area contributed by atoms with Crippen LogP contribution in [-0.2, 0) is 12.2 Å². The molecule has 8 heteroatoms. The molecule has 2 aromatic carbocycles. The van der Waals surface area contributed by atoms with Gasteiger partial charge in [0, 0.05) is 24.3 Å². The molecular weight excluding hydrogens is 398 g/mol. The molecule has 0 saturated heterocycles. The minimum Gasteiger partial charge on any atom is -0.424 e. The van der Waals surface area contributed by atoms with Crippen LogP contribution >= 0.6 is 11.8 Å². The minimum absolute atomic E-state index is 0.473. The van der Waals surface area contributed by atoms with E-state index in [4.69, 9.17) is 8.83 Å². The number of nitrogens with zero attached hydrogens (tertiary/aromatic N) is 5. The molecule has 30 heavy (non-hydrogen) atoms. The van der Waals surface area contributed by atoms with Crippen molar-refractivity contribution in [1.82, 2.24) is 20.4 Å². The highest BCUT2D eigenvalue weighted by Crippen LogP contribution is 2.27. The second kappa shape index (κ2) is 9.58. The van der Waals surface area contributed by atoms with Crippen LogP contribution in [-0.4, -0.2) is 33.5 Å². The van der Waals surface area contributed by atoms with Crippen LogP contribution in [0.4, 0.5) is 5.69 Å². The first-order valence-corrected chi connectivity index (χ1v) is 10.9. The molecule has 0 fully saturated rings. The Labute approximate surface area is 179 Å². The van der Waals surface area contributed by atoms with E-state index < -0.39 is 0 Å². The summed E-state index contributed by atoms with van der Waals surface area (Å²) < 4.78 is 11.5. The van der Waals surface area contributed by atoms with Crippen LogP contribution in [0.3, 0.4) is 0 Å². The van der Waals surface area contributed by atoms with E-state index in [1.54, 1.807) is 0 Å². The Hall–Kier alpha value is -3.13. The SMILES string of the molecule is CCN(CC)c1ccc(-c2nnc(SCc3nnc(Cc4ccccc4)o3)o2)cc1. The van der Waals surface area contributed by atoms with E-state index >= 15 is 0 Å². The van der Waals surface area contributed by atoms with Crippen molar-refractivity contribution in [2.75, 3.05) is 18.0 Å². The number of rotatable bonds is 9. The summed E-state index contributed by atoms with van der Waals surface area (Å²) in [6.07, 6.45) is 0.618. The van der Waals surface area contributed by atoms with Gasteiger partial charge in [-0.15, -0.1) is 20.4 Å². The van der Waals surface area contributed by atoms with Crippen LogP contribution in [0.2, 0.25) is 0 Å². The third-order valence-electron chi connectivity index (χ3n) is 4.68. The molecule has 7 nitrogen and oxygen atoms in total. The molecule has 4 aromatic rings. The fourth-order valence-corrected chi connectivity index (χ4v) is 3.70. The number of hydrogen-bond donors (Lipinski definition) is 0. The summed E-state index contributed by atoms with van der Waals surface area (Å²) in [5, 5.41) is 17.0. The number of thioether (sulfide) groups is 1. The first kappa shape index (κ1) is 20.2. The molecule has 0 unspecified atom stereocenters. The zero-order valence-corrected chi connectivity index (χ0v) is 17.8. The van der Waals surface area contributed by atoms with Crippen LogP contribution in [0.1, 0.15) is 31.2 Å². The average molecular weight is 422 g/mol. The molecule has 0 radical (unpaired) electrons. The van der Waals surface area contributed by atoms with Crippen LogP contribution in [0.5, 0.6) is 0 Å². The van der Waals surface area contributed by atoms with Crippen LogP contribution in [0.25, 0.3) is 11.5 Å². The lowest BCUT2D eigenvalue weighted by molar-refractivity contribution is 0.459. The Morgan fingerprint density at radius 3 is 2.27 bits per heavy atom. The first-order valence-electron chi connectivity index (χ1n) is 9.92. The van der Waals surface area contributed by atoms with Gasteiger partial charge in [-0.25, -0.2) is 0 Å². The molecule has 0 aliphatic rings. The third-order valence-corrected chi connectivity index (χ3v) is 5.48. The third kappa shape index (κ3) is 4.88. The van der Waals surface area contributed by atoms with Gasteiger partial charge in [-0.05, 0) is 43.7 Å². The summed E-state index contributed by atoms with van der Waals surface area (Å²) in [7, 11) is 0. The van der Waals surface area contributed by atoms with E-state index in [0.717, 1.165) is 24.2 Å². The molecule has 0 aliphatic heterocycles. The van der Waals surface area contributed by atoms with E-state index in [1.165, 1.54) is 17.4 Å². The van der Waals surface area contributed by atoms with Gasteiger partial charge in [0.2, 0.25) is 17.7 Å². The number of benzene rings is 2. The molecule has 4 rings (SSSR count). The Balaban J connectivity index is 1.35. The Morgan fingerprint density at radius 1 is 0.800 bits per heavy atom. The van der Waals surface area contributed by atoms with Gasteiger partial charge < -0.3 is 13.7 Å². The molecule has 0 aliphatic carbocycles. The van der Waals surface area contributed by atoms with Gasteiger partial charge in [0.1, 0.15) is 0 Å². The molecule has 2 aromatic heterocycles. The number of hydrogen-bond acceptors (Lipinski definition) is 8. The zero-order valence-electron chi connectivity index (χ0n) is 17.0. The first-order chi connectivity index (χ1) is 14.7. The predicted octanol–water partition coefficient (Wildman–Crippen LogP) is 4.85. The van der Waals surface area contributed by atoms with Crippen molar-refractivity contribution in [3.05, 3.63) is 71.9 Å². The van der Waals surface area contributed by atoms with Crippen molar-refractivity contribution in [2.45, 2.75) is 31.2 Å². The lowest BCUT2D eigenvalue weighted by Gasteiger charge is -2.20. The molecule has 0 amide bonds. The Morgan fingerprint density at radius 2 is 1.53 bits per heavy atom. The topological polar surface area (TPSA) is 81.1 Å². The summed E-state index contributed by atoms with van der Waals surface area (Å²) in [6, 6.07) is 18.2. The minimum atomic E-state index is 0.473. The lowest BCUT2D eigenvalue weighted by Crippen LogP contribution is -2.21. The van der Waals surface area contributed by atoms with Crippen molar-refractivity contribution in [3.8, 4) is 11.5 Å². The Kier molecular flexibility index (Phi) is 6.44. The smallest absolute Gasteiger partial charge is 0.277 e. The summed E-state index contributed by atoms with van der Waals surface area (Å²) >= 11 is 1.38. The quantitative estimate of drug-likeness (QED) is 0.355. The van der Waals surface area contributed by atoms with E-state index in [1.807, 2.05) is 42.5 Å². The monoisotopic (exact) mass is 421 g/mol. The van der Waals surface area contributed by atoms with E-state index in [9.17, 15) is 0 Å². The maximum absolute atomic E-state index is 5.78. The molecule has 2 heterocycles. The second-order valence-electron chi connectivity index (χ2n) is 6.63. The molecule has 0 spiro atoms. The van der Waals surface area contributed by atoms with Crippen molar-refractivity contribution < 1.29 is 8.83 Å². The maximum atomic E-state index is 5.78. The van der Waals surface area contributed by atoms with Crippen LogP contribution in [0, 0.1) is 0 Å². The van der Waals surface area contributed by atoms with Gasteiger partial charge in [0.05, 0.1) is 12.2 Å². The van der Waals surface area contributed by atoms with Crippen LogP contribution in [0.15, 0.2) is 68.7 Å². The molecule has 154 valence electrons. The molecular formula is C22H23N5O2S. The second-order valence-corrected chi connectivity index (χ2v) is 7.56. The van der Waals surface area contributed by atoms with E-state index in [2.05, 4.69) is 51.3 Å². The highest BCUT2D eigenvalue weighted by Gasteiger charge is 2.13. The summed E-state index contributed by atoms with van der Waals surface area (Å²) in [5.41, 5.74) is 3.21. The molecule has 0 atom stereocenters. The summed E-state index contributed by atoms with van der Waals surface area (Å²) in [6.45, 7) is 6.24. The highest BCUT2D eigenvalue weighted by atomic mass is 32.2. The fourth-order valence-electron chi connectivity index (χ4n) is 3.10. The van der Waals surface area contributed by atoms with Crippen LogP contribution < -0.4 is 4.90 Å². The van der Waals surface area contributed by atoms with Crippen molar-refractivity contribution >= 4 is 17.4 Å². The predicted molar refractivity (Wildman–Crippen MR) is 116 cm³/mol. The zero-order chi connectivity index (χ0) is 20.8. The van der Waals surface area contributed by atoms with Gasteiger partial charge in [-0.2, -0.15) is 0 Å². The normalized spacial score (nSPS) is 11.0. The van der Waals surface area contributed by atoms with Gasteiger partial charge in [-0.3, -0.25) is 0 Å². The lowest BCUT2D eigenvalue weighted by atomic mass is 10.2. The van der Waals surface area contributed by atoms with Gasteiger partial charge >= 0.3 is 0 Å². The highest BCUT2D eigenvalue weighted by molar-refractivity contribution is 7.98. The number of anilines is 1. The van der Waals surface area contributed by atoms with Gasteiger partial charge in [0.25, 0.3) is 5.22 Å². The molecule has 0 saturated carbocycles. The van der Waals surface area contributed by atoms with Gasteiger partial charge in [0.15, 0.2) is 0 Å². The van der Waals surface area contributed by atoms with Crippen molar-refractivity contribution in [3.63, 3.8) is 0 Å². The summed E-state index contributed by atoms with van der Waals surface area (Å²) in [5.74, 6) is 2.11. The van der Waals surface area contributed by atoms with Crippen molar-refractivity contribution in [1.29, 1.82) is 0 Å². The fraction of sp³-hybridized carbons (Fsp3) is 0.273. The average Bonchev–Trinajstić information content (AvgIpc) is 3.44. The van der Waals surface area contributed by atoms with E-state index in [-0.39, 0.29) is 0 Å².